The van der Waals surface area contributed by atoms with Crippen LogP contribution in [0.3, 0.4) is 0 Å². The topological polar surface area (TPSA) is 13.1 Å². The lowest BCUT2D eigenvalue weighted by molar-refractivity contribution is 1.18. The largest absolute Gasteiger partial charge is 0.311 e. The van der Waals surface area contributed by atoms with Gasteiger partial charge in [0.25, 0.3) is 0 Å². The molecule has 0 saturated carbocycles. The van der Waals surface area contributed by atoms with Crippen molar-refractivity contribution >= 4 is 82.2 Å². The third kappa shape index (κ3) is 7.75. The van der Waals surface area contributed by atoms with E-state index in [-0.39, 0.29) is 0 Å². The molecule has 0 spiro atoms. The summed E-state index contributed by atoms with van der Waals surface area (Å²) < 4.78 is 4.84. The van der Waals surface area contributed by atoms with Crippen LogP contribution in [0.4, 0.5) is 17.1 Å². The first-order chi connectivity index (χ1) is 38.1. The second-order valence-electron chi connectivity index (χ2n) is 20.2. The van der Waals surface area contributed by atoms with Crippen LogP contribution < -0.4 is 4.90 Å². The highest BCUT2D eigenvalue weighted by atomic mass is 15.1. The van der Waals surface area contributed by atoms with Crippen molar-refractivity contribution in [2.75, 3.05) is 4.90 Å². The van der Waals surface area contributed by atoms with Gasteiger partial charge in [0.2, 0.25) is 0 Å². The van der Waals surface area contributed by atoms with Gasteiger partial charge in [0.15, 0.2) is 0 Å². The second kappa shape index (κ2) is 18.3. The maximum Gasteiger partial charge on any atom is 0.0547 e. The van der Waals surface area contributed by atoms with Crippen molar-refractivity contribution in [1.29, 1.82) is 0 Å². The van der Waals surface area contributed by atoms with Crippen molar-refractivity contribution in [2.45, 2.75) is 0 Å². The predicted octanol–water partition coefficient (Wildman–Crippen LogP) is 20.3. The maximum absolute atomic E-state index is 2.42. The highest BCUT2D eigenvalue weighted by molar-refractivity contribution is 6.16. The molecule has 3 heteroatoms. The van der Waals surface area contributed by atoms with Gasteiger partial charge in [0.05, 0.1) is 22.1 Å². The van der Waals surface area contributed by atoms with E-state index in [4.69, 9.17) is 0 Å². The van der Waals surface area contributed by atoms with Crippen molar-refractivity contribution < 1.29 is 0 Å². The van der Waals surface area contributed by atoms with Gasteiger partial charge in [-0.3, -0.25) is 0 Å². The molecule has 0 saturated heterocycles. The average molecular weight is 980 g/mol. The molecule has 13 aromatic carbocycles. The summed E-state index contributed by atoms with van der Waals surface area (Å²) in [6.45, 7) is 0. The van der Waals surface area contributed by atoms with Crippen LogP contribution in [0.5, 0.6) is 0 Å². The molecular formula is C74H49N3. The van der Waals surface area contributed by atoms with Crippen LogP contribution in [0.1, 0.15) is 0 Å². The van der Waals surface area contributed by atoms with Gasteiger partial charge in [-0.25, -0.2) is 0 Å². The van der Waals surface area contributed by atoms with E-state index in [2.05, 4.69) is 311 Å². The summed E-state index contributed by atoms with van der Waals surface area (Å²) in [7, 11) is 0. The van der Waals surface area contributed by atoms with Crippen molar-refractivity contribution in [1.82, 2.24) is 9.13 Å². The van der Waals surface area contributed by atoms with Gasteiger partial charge in [0.1, 0.15) is 0 Å². The van der Waals surface area contributed by atoms with E-state index >= 15 is 0 Å². The quantitative estimate of drug-likeness (QED) is 0.140. The van der Waals surface area contributed by atoms with Crippen LogP contribution >= 0.6 is 0 Å². The van der Waals surface area contributed by atoms with E-state index in [9.17, 15) is 0 Å². The molecule has 0 N–H and O–H groups in total. The number of rotatable bonds is 9. The van der Waals surface area contributed by atoms with E-state index in [1.807, 2.05) is 0 Å². The van der Waals surface area contributed by atoms with Crippen molar-refractivity contribution in [3.05, 3.63) is 297 Å². The zero-order chi connectivity index (χ0) is 50.8. The van der Waals surface area contributed by atoms with Crippen LogP contribution in [0.25, 0.3) is 121 Å². The van der Waals surface area contributed by atoms with Gasteiger partial charge < -0.3 is 14.0 Å². The lowest BCUT2D eigenvalue weighted by Crippen LogP contribution is -2.09. The Bertz CT molecular complexity index is 4480. The SMILES string of the molecule is c1ccc(-c2ccc(N(c3ccccc3)c3ccc(-c4cc(-c5ccc6c(c5)c5cc7ccccc7cc5n6-c5ccccc5)cc(-c5ccc6c(c5)c5cc7ccccc7cc5n6-c5ccccc5)c4)cc3)cc2)cc1. The predicted molar refractivity (Wildman–Crippen MR) is 327 cm³/mol. The minimum Gasteiger partial charge on any atom is -0.311 e. The molecule has 2 aromatic heterocycles. The monoisotopic (exact) mass is 979 g/mol. The number of anilines is 3. The number of hydrogen-bond donors (Lipinski definition) is 0. The smallest absolute Gasteiger partial charge is 0.0547 e. The standard InChI is InChI=1S/C74H49N3/c1-5-17-50(18-6-1)51-29-35-65(36-30-51)75(62-23-7-2-8-24-62)66-37-31-52(32-38-66)59-41-60(57-33-39-71-67(46-57)69-44-53-19-13-15-21-55(53)48-73(69)76(71)63-25-9-3-10-26-63)43-61(42-59)58-34-40-72-68(47-58)70-45-54-20-14-16-22-56(54)49-74(70)77(72)64-27-11-4-12-28-64/h1-49H. The molecule has 360 valence electrons. The molecule has 0 aliphatic carbocycles. The maximum atomic E-state index is 2.42. The first kappa shape index (κ1) is 44.3. The Balaban J connectivity index is 0.912. The molecule has 0 atom stereocenters. The Morgan fingerprint density at radius 1 is 0.195 bits per heavy atom. The van der Waals surface area contributed by atoms with E-state index in [0.29, 0.717) is 0 Å². The fourth-order valence-electron chi connectivity index (χ4n) is 11.9. The average Bonchev–Trinajstić information content (AvgIpc) is 4.12. The molecule has 0 unspecified atom stereocenters. The molecule has 3 nitrogen and oxygen atoms in total. The van der Waals surface area contributed by atoms with E-state index in [0.717, 1.165) is 50.7 Å². The summed E-state index contributed by atoms with van der Waals surface area (Å²) >= 11 is 0. The second-order valence-corrected chi connectivity index (χ2v) is 20.2. The molecule has 15 aromatic rings. The molecule has 0 amide bonds. The molecular weight excluding hydrogens is 931 g/mol. The molecule has 15 rings (SSSR count). The fraction of sp³-hybridized carbons (Fsp3) is 0. The van der Waals surface area contributed by atoms with Gasteiger partial charge >= 0.3 is 0 Å². The summed E-state index contributed by atoms with van der Waals surface area (Å²) in [5.74, 6) is 0. The van der Waals surface area contributed by atoms with Gasteiger partial charge in [0, 0.05) is 50.0 Å². The summed E-state index contributed by atoms with van der Waals surface area (Å²) in [5.41, 5.74) is 19.7. The molecule has 0 radical (unpaired) electrons. The van der Waals surface area contributed by atoms with Gasteiger partial charge in [-0.2, -0.15) is 0 Å². The van der Waals surface area contributed by atoms with Crippen LogP contribution in [0, 0.1) is 0 Å². The number of fused-ring (bicyclic) bond motifs is 8. The van der Waals surface area contributed by atoms with Crippen LogP contribution in [0.15, 0.2) is 297 Å². The van der Waals surface area contributed by atoms with E-state index < -0.39 is 0 Å². The molecule has 77 heavy (non-hydrogen) atoms. The summed E-state index contributed by atoms with van der Waals surface area (Å²) in [6, 6.07) is 109. The summed E-state index contributed by atoms with van der Waals surface area (Å²) in [6.07, 6.45) is 0. The lowest BCUT2D eigenvalue weighted by Gasteiger charge is -2.26. The number of hydrogen-bond acceptors (Lipinski definition) is 1. The minimum atomic E-state index is 1.09. The van der Waals surface area contributed by atoms with E-state index in [1.165, 1.54) is 87.4 Å². The molecule has 0 fully saturated rings. The first-order valence-corrected chi connectivity index (χ1v) is 26.5. The van der Waals surface area contributed by atoms with Crippen LogP contribution in [-0.4, -0.2) is 9.13 Å². The third-order valence-electron chi connectivity index (χ3n) is 15.6. The van der Waals surface area contributed by atoms with Crippen LogP contribution in [-0.2, 0) is 0 Å². The summed E-state index contributed by atoms with van der Waals surface area (Å²) in [4.78, 5) is 2.34. The fourth-order valence-corrected chi connectivity index (χ4v) is 11.9. The highest BCUT2D eigenvalue weighted by Gasteiger charge is 2.19. The van der Waals surface area contributed by atoms with Gasteiger partial charge in [-0.1, -0.05) is 170 Å². The molecule has 2 heterocycles. The van der Waals surface area contributed by atoms with Crippen LogP contribution in [0.2, 0.25) is 0 Å². The number of nitrogens with zero attached hydrogens (tertiary/aromatic N) is 3. The number of aromatic nitrogens is 2. The van der Waals surface area contributed by atoms with Crippen molar-refractivity contribution in [3.8, 4) is 55.9 Å². The van der Waals surface area contributed by atoms with E-state index in [1.54, 1.807) is 0 Å². The Morgan fingerprint density at radius 3 is 0.948 bits per heavy atom. The Hall–Kier alpha value is -10.2. The van der Waals surface area contributed by atoms with Gasteiger partial charge in [-0.15, -0.1) is 0 Å². The highest BCUT2D eigenvalue weighted by Crippen LogP contribution is 2.43. The lowest BCUT2D eigenvalue weighted by atomic mass is 9.92. The molecule has 0 bridgehead atoms. The zero-order valence-electron chi connectivity index (χ0n) is 42.1. The van der Waals surface area contributed by atoms with Crippen molar-refractivity contribution in [3.63, 3.8) is 0 Å². The first-order valence-electron chi connectivity index (χ1n) is 26.5. The Kier molecular flexibility index (Phi) is 10.5. The third-order valence-corrected chi connectivity index (χ3v) is 15.6. The van der Waals surface area contributed by atoms with Crippen molar-refractivity contribution in [2.24, 2.45) is 0 Å². The summed E-state index contributed by atoms with van der Waals surface area (Å²) in [5, 5.41) is 9.85. The number of para-hydroxylation sites is 3. The zero-order valence-corrected chi connectivity index (χ0v) is 42.1. The Morgan fingerprint density at radius 2 is 0.506 bits per heavy atom. The van der Waals surface area contributed by atoms with Gasteiger partial charge in [-0.05, 0) is 193 Å². The molecule has 0 aliphatic rings. The normalized spacial score (nSPS) is 11.6. The number of benzene rings is 13. The Labute approximate surface area is 447 Å². The minimum absolute atomic E-state index is 1.09. The molecule has 0 aliphatic heterocycles.